The number of nitrogens with zero attached hydrogens (tertiary/aromatic N) is 1. The van der Waals surface area contributed by atoms with Gasteiger partial charge in [-0.05, 0) is 48.2 Å². The summed E-state index contributed by atoms with van der Waals surface area (Å²) in [5.41, 5.74) is -2.61. The van der Waals surface area contributed by atoms with Gasteiger partial charge in [-0.3, -0.25) is 4.98 Å². The summed E-state index contributed by atoms with van der Waals surface area (Å²) >= 11 is -0.116. The number of nitrogens with one attached hydrogen (secondary N) is 1. The van der Waals surface area contributed by atoms with Crippen molar-refractivity contribution in [3.8, 4) is 0 Å². The zero-order valence-electron chi connectivity index (χ0n) is 9.82. The molecule has 0 saturated heterocycles. The number of pyridine rings is 1. The van der Waals surface area contributed by atoms with E-state index in [0.29, 0.717) is 6.54 Å². The molecule has 0 spiro atoms. The quantitative estimate of drug-likeness (QED) is 0.847. The molecule has 0 unspecified atom stereocenters. The molecule has 0 fully saturated rings. The smallest absolute Gasteiger partial charge is 0.379 e. The Labute approximate surface area is 113 Å². The van der Waals surface area contributed by atoms with E-state index in [1.165, 1.54) is 12.1 Å². The first-order valence-corrected chi connectivity index (χ1v) is 6.34. The van der Waals surface area contributed by atoms with Gasteiger partial charge >= 0.3 is 5.51 Å². The number of anilines is 1. The molecule has 2 nitrogen and oxygen atoms in total. The number of aromatic nitrogens is 1. The highest BCUT2D eigenvalue weighted by atomic mass is 32.2. The summed E-state index contributed by atoms with van der Waals surface area (Å²) in [6, 6.07) is 11.7. The first-order valence-electron chi connectivity index (χ1n) is 5.52. The number of benzene rings is 1. The highest BCUT2D eigenvalue weighted by Crippen LogP contribution is 2.36. The summed E-state index contributed by atoms with van der Waals surface area (Å²) in [5, 5.41) is 3.10. The van der Waals surface area contributed by atoms with Crippen molar-refractivity contribution in [2.75, 3.05) is 5.32 Å². The lowest BCUT2D eigenvalue weighted by Gasteiger charge is -2.08. The van der Waals surface area contributed by atoms with E-state index in [1.54, 1.807) is 18.3 Å². The van der Waals surface area contributed by atoms with Gasteiger partial charge in [-0.1, -0.05) is 6.07 Å². The molecule has 1 aromatic heterocycles. The van der Waals surface area contributed by atoms with Crippen LogP contribution in [0.4, 0.5) is 18.9 Å². The van der Waals surface area contributed by atoms with Gasteiger partial charge in [-0.25, -0.2) is 0 Å². The topological polar surface area (TPSA) is 24.9 Å². The Morgan fingerprint density at radius 3 is 2.37 bits per heavy atom. The van der Waals surface area contributed by atoms with Gasteiger partial charge in [-0.2, -0.15) is 13.2 Å². The van der Waals surface area contributed by atoms with Crippen molar-refractivity contribution in [3.05, 3.63) is 54.4 Å². The molecule has 0 amide bonds. The lowest BCUT2D eigenvalue weighted by molar-refractivity contribution is -0.0328. The highest BCUT2D eigenvalue weighted by molar-refractivity contribution is 8.00. The lowest BCUT2D eigenvalue weighted by atomic mass is 10.3. The van der Waals surface area contributed by atoms with Crippen LogP contribution in [0.1, 0.15) is 5.69 Å². The second kappa shape index (κ2) is 5.97. The third kappa shape index (κ3) is 4.82. The van der Waals surface area contributed by atoms with Crippen LogP contribution in [0.15, 0.2) is 53.6 Å². The van der Waals surface area contributed by atoms with Gasteiger partial charge in [0.05, 0.1) is 12.2 Å². The molecule has 2 aromatic rings. The number of halogens is 3. The fourth-order valence-corrected chi connectivity index (χ4v) is 2.01. The second-order valence-corrected chi connectivity index (χ2v) is 4.89. The molecule has 2 rings (SSSR count). The molecule has 0 bridgehead atoms. The Kier molecular flexibility index (Phi) is 4.31. The van der Waals surface area contributed by atoms with Crippen LogP contribution in [-0.4, -0.2) is 10.5 Å². The minimum absolute atomic E-state index is 0.116. The predicted molar refractivity (Wildman–Crippen MR) is 69.9 cm³/mol. The van der Waals surface area contributed by atoms with Crippen LogP contribution in [0.3, 0.4) is 0 Å². The van der Waals surface area contributed by atoms with Crippen LogP contribution >= 0.6 is 11.8 Å². The molecule has 0 radical (unpaired) electrons. The molecular formula is C13H11F3N2S. The van der Waals surface area contributed by atoms with Gasteiger partial charge in [0, 0.05) is 16.8 Å². The minimum atomic E-state index is -4.25. The Balaban J connectivity index is 1.92. The maximum absolute atomic E-state index is 12.2. The van der Waals surface area contributed by atoms with E-state index in [9.17, 15) is 13.2 Å². The zero-order valence-corrected chi connectivity index (χ0v) is 10.6. The molecule has 1 heterocycles. The van der Waals surface area contributed by atoms with Crippen LogP contribution in [0.2, 0.25) is 0 Å². The number of hydrogen-bond donors (Lipinski definition) is 1. The second-order valence-electron chi connectivity index (χ2n) is 3.75. The summed E-state index contributed by atoms with van der Waals surface area (Å²) < 4.78 is 36.5. The maximum Gasteiger partial charge on any atom is 0.446 e. The first-order chi connectivity index (χ1) is 9.03. The first kappa shape index (κ1) is 13.7. The van der Waals surface area contributed by atoms with Crippen molar-refractivity contribution in [1.29, 1.82) is 0 Å². The monoisotopic (exact) mass is 284 g/mol. The van der Waals surface area contributed by atoms with Crippen LogP contribution in [-0.2, 0) is 6.54 Å². The number of alkyl halides is 3. The fraction of sp³-hybridized carbons (Fsp3) is 0.154. The van der Waals surface area contributed by atoms with Gasteiger partial charge in [0.1, 0.15) is 0 Å². The van der Waals surface area contributed by atoms with Crippen LogP contribution in [0.5, 0.6) is 0 Å². The summed E-state index contributed by atoms with van der Waals surface area (Å²) in [7, 11) is 0. The van der Waals surface area contributed by atoms with Crippen molar-refractivity contribution >= 4 is 17.4 Å². The average molecular weight is 284 g/mol. The van der Waals surface area contributed by atoms with Gasteiger partial charge < -0.3 is 5.32 Å². The van der Waals surface area contributed by atoms with E-state index < -0.39 is 5.51 Å². The van der Waals surface area contributed by atoms with Gasteiger partial charge in [0.2, 0.25) is 0 Å². The van der Waals surface area contributed by atoms with E-state index in [2.05, 4.69) is 10.3 Å². The number of rotatable bonds is 4. The molecular weight excluding hydrogens is 273 g/mol. The van der Waals surface area contributed by atoms with Crippen molar-refractivity contribution < 1.29 is 13.2 Å². The van der Waals surface area contributed by atoms with Gasteiger partial charge in [0.15, 0.2) is 0 Å². The maximum atomic E-state index is 12.2. The van der Waals surface area contributed by atoms with Crippen LogP contribution in [0.25, 0.3) is 0 Å². The zero-order chi connectivity index (χ0) is 13.7. The number of hydrogen-bond acceptors (Lipinski definition) is 3. The van der Waals surface area contributed by atoms with Crippen molar-refractivity contribution in [2.24, 2.45) is 0 Å². The largest absolute Gasteiger partial charge is 0.446 e. The highest BCUT2D eigenvalue weighted by Gasteiger charge is 2.28. The van der Waals surface area contributed by atoms with E-state index in [-0.39, 0.29) is 16.7 Å². The Morgan fingerprint density at radius 1 is 1.05 bits per heavy atom. The van der Waals surface area contributed by atoms with Gasteiger partial charge in [0.25, 0.3) is 0 Å². The third-order valence-corrected chi connectivity index (χ3v) is 3.03. The molecule has 100 valence electrons. The van der Waals surface area contributed by atoms with E-state index in [0.717, 1.165) is 11.4 Å². The molecule has 0 saturated carbocycles. The Morgan fingerprint density at radius 2 is 1.79 bits per heavy atom. The molecule has 0 aliphatic heterocycles. The lowest BCUT2D eigenvalue weighted by Crippen LogP contribution is -2.01. The van der Waals surface area contributed by atoms with Crippen molar-refractivity contribution in [3.63, 3.8) is 0 Å². The van der Waals surface area contributed by atoms with Crippen LogP contribution < -0.4 is 5.32 Å². The molecule has 19 heavy (non-hydrogen) atoms. The molecule has 1 aromatic carbocycles. The van der Waals surface area contributed by atoms with E-state index >= 15 is 0 Å². The summed E-state index contributed by atoms with van der Waals surface area (Å²) in [5.74, 6) is 0. The Hall–Kier alpha value is -1.69. The van der Waals surface area contributed by atoms with E-state index in [1.807, 2.05) is 18.2 Å². The average Bonchev–Trinajstić information content (AvgIpc) is 2.37. The summed E-state index contributed by atoms with van der Waals surface area (Å²) in [6.07, 6.45) is 1.69. The molecule has 1 N–H and O–H groups in total. The van der Waals surface area contributed by atoms with Gasteiger partial charge in [-0.15, -0.1) is 0 Å². The molecule has 0 atom stereocenters. The third-order valence-electron chi connectivity index (χ3n) is 2.29. The fourth-order valence-electron chi connectivity index (χ4n) is 1.47. The minimum Gasteiger partial charge on any atom is -0.379 e. The van der Waals surface area contributed by atoms with Crippen molar-refractivity contribution in [2.45, 2.75) is 16.9 Å². The van der Waals surface area contributed by atoms with Crippen LogP contribution in [0, 0.1) is 0 Å². The van der Waals surface area contributed by atoms with E-state index in [4.69, 9.17) is 0 Å². The van der Waals surface area contributed by atoms with Crippen molar-refractivity contribution in [1.82, 2.24) is 4.98 Å². The summed E-state index contributed by atoms with van der Waals surface area (Å²) in [4.78, 5) is 4.32. The Bertz CT molecular complexity index is 512. The predicted octanol–water partition coefficient (Wildman–Crippen LogP) is 4.31. The molecule has 0 aliphatic carbocycles. The molecule has 6 heteroatoms. The number of thioether (sulfide) groups is 1. The summed E-state index contributed by atoms with van der Waals surface area (Å²) in [6.45, 7) is 0.534. The molecule has 0 aliphatic rings. The SMILES string of the molecule is FC(F)(F)Sc1ccc(NCc2ccccn2)cc1. The normalized spacial score (nSPS) is 11.3. The standard InChI is InChI=1S/C13H11F3N2S/c14-13(15,16)19-12-6-4-10(5-7-12)18-9-11-3-1-2-8-17-11/h1-8,18H,9H2.